The van der Waals surface area contributed by atoms with Crippen molar-refractivity contribution in [3.8, 4) is 39.1 Å². The number of rotatable bonds is 7. The van der Waals surface area contributed by atoms with Crippen LogP contribution in [0.25, 0.3) is 33.3 Å². The Morgan fingerprint density at radius 2 is 1.89 bits per heavy atom. The summed E-state index contributed by atoms with van der Waals surface area (Å²) in [6.07, 6.45) is 6.95. The molecule has 188 valence electrons. The highest BCUT2D eigenvalue weighted by molar-refractivity contribution is 7.13. The number of anilines is 3. The zero-order chi connectivity index (χ0) is 25.2. The van der Waals surface area contributed by atoms with Crippen molar-refractivity contribution in [2.24, 2.45) is 0 Å². The Morgan fingerprint density at radius 1 is 1.03 bits per heavy atom. The first-order chi connectivity index (χ1) is 18.2. The number of nitrogens with zero attached hydrogens (tertiary/aromatic N) is 6. The first-order valence-corrected chi connectivity index (χ1v) is 12.8. The summed E-state index contributed by atoms with van der Waals surface area (Å²) in [5.41, 5.74) is 6.03. The number of hydrogen-bond donors (Lipinski definition) is 2. The number of ether oxygens (including phenoxy) is 1. The second-order valence-corrected chi connectivity index (χ2v) is 9.64. The molecule has 1 aromatic carbocycles. The van der Waals surface area contributed by atoms with E-state index in [-0.39, 0.29) is 0 Å². The van der Waals surface area contributed by atoms with Gasteiger partial charge in [-0.25, -0.2) is 15.0 Å². The Kier molecular flexibility index (Phi) is 6.29. The van der Waals surface area contributed by atoms with Gasteiger partial charge in [-0.2, -0.15) is 0 Å². The molecular formula is C26H26N8O2S. The number of methoxy groups -OCH3 is 1. The van der Waals surface area contributed by atoms with Crippen LogP contribution in [-0.2, 0) is 0 Å². The monoisotopic (exact) mass is 514 g/mol. The maximum absolute atomic E-state index is 6.15. The maximum Gasteiger partial charge on any atom is 0.227 e. The Morgan fingerprint density at radius 3 is 2.65 bits per heavy atom. The Hall–Kier alpha value is -4.22. The van der Waals surface area contributed by atoms with E-state index in [4.69, 9.17) is 14.1 Å². The molecule has 0 bridgehead atoms. The number of aromatic amines is 1. The van der Waals surface area contributed by atoms with Gasteiger partial charge in [-0.05, 0) is 31.3 Å². The third-order valence-electron chi connectivity index (χ3n) is 6.37. The van der Waals surface area contributed by atoms with Crippen LogP contribution < -0.4 is 15.0 Å². The fourth-order valence-electron chi connectivity index (χ4n) is 4.35. The van der Waals surface area contributed by atoms with Crippen molar-refractivity contribution in [1.29, 1.82) is 0 Å². The zero-order valence-electron chi connectivity index (χ0n) is 20.5. The van der Waals surface area contributed by atoms with Crippen molar-refractivity contribution in [3.05, 3.63) is 60.8 Å². The van der Waals surface area contributed by atoms with Gasteiger partial charge in [0.25, 0.3) is 0 Å². The molecule has 37 heavy (non-hydrogen) atoms. The third kappa shape index (κ3) is 4.78. The van der Waals surface area contributed by atoms with Crippen molar-refractivity contribution < 1.29 is 9.15 Å². The normalized spacial score (nSPS) is 14.2. The van der Waals surface area contributed by atoms with Crippen LogP contribution in [-0.4, -0.2) is 70.2 Å². The second kappa shape index (κ2) is 10.0. The second-order valence-electron chi connectivity index (χ2n) is 8.75. The third-order valence-corrected chi connectivity index (χ3v) is 7.18. The van der Waals surface area contributed by atoms with Crippen LogP contribution in [0.1, 0.15) is 0 Å². The summed E-state index contributed by atoms with van der Waals surface area (Å²) >= 11 is 1.53. The van der Waals surface area contributed by atoms with Gasteiger partial charge in [-0.3, -0.25) is 4.98 Å². The van der Waals surface area contributed by atoms with Crippen LogP contribution >= 0.6 is 11.3 Å². The minimum atomic E-state index is 0.456. The largest absolute Gasteiger partial charge is 0.495 e. The van der Waals surface area contributed by atoms with Gasteiger partial charge < -0.3 is 29.3 Å². The smallest absolute Gasteiger partial charge is 0.227 e. The molecule has 0 spiro atoms. The molecule has 1 saturated heterocycles. The highest BCUT2D eigenvalue weighted by Crippen LogP contribution is 2.37. The number of hydrogen-bond acceptors (Lipinski definition) is 10. The molecule has 2 N–H and O–H groups in total. The summed E-state index contributed by atoms with van der Waals surface area (Å²) in [5.74, 6) is 2.57. The molecule has 0 atom stereocenters. The Balaban J connectivity index is 1.31. The molecule has 1 aliphatic rings. The van der Waals surface area contributed by atoms with Crippen molar-refractivity contribution in [2.75, 3.05) is 50.6 Å². The molecule has 1 aliphatic heterocycles. The fourth-order valence-corrected chi connectivity index (χ4v) is 4.99. The van der Waals surface area contributed by atoms with E-state index in [2.05, 4.69) is 48.2 Å². The number of imidazole rings is 1. The number of piperazine rings is 1. The summed E-state index contributed by atoms with van der Waals surface area (Å²) in [7, 11) is 3.85. The summed E-state index contributed by atoms with van der Waals surface area (Å²) < 4.78 is 11.9. The summed E-state index contributed by atoms with van der Waals surface area (Å²) in [4.78, 5) is 26.5. The van der Waals surface area contributed by atoms with E-state index < -0.39 is 0 Å². The lowest BCUT2D eigenvalue weighted by atomic mass is 10.1. The number of benzene rings is 1. The van der Waals surface area contributed by atoms with E-state index in [1.54, 1.807) is 37.5 Å². The molecule has 0 unspecified atom stereocenters. The van der Waals surface area contributed by atoms with Crippen LogP contribution in [0.5, 0.6) is 5.75 Å². The topological polar surface area (TPSA) is 108 Å². The number of furan rings is 1. The molecule has 0 radical (unpaired) electrons. The van der Waals surface area contributed by atoms with Gasteiger partial charge >= 0.3 is 0 Å². The number of likely N-dealkylation sites (N-methyl/N-ethyl adjacent to an activating group) is 1. The van der Waals surface area contributed by atoms with E-state index >= 15 is 0 Å². The highest BCUT2D eigenvalue weighted by atomic mass is 32.1. The first kappa shape index (κ1) is 23.2. The predicted molar refractivity (Wildman–Crippen MR) is 144 cm³/mol. The molecule has 0 amide bonds. The van der Waals surface area contributed by atoms with E-state index in [1.165, 1.54) is 11.3 Å². The Labute approximate surface area is 218 Å². The SMILES string of the molecule is COc1cc(Nc2ncc(-c3cncs3)c(-c3ccc(-c4cnc[nH]4)o3)n2)ccc1N1CCN(C)CC1. The zero-order valence-corrected chi connectivity index (χ0v) is 21.3. The number of aromatic nitrogens is 5. The molecule has 10 nitrogen and oxygen atoms in total. The standard InChI is InChI=1S/C26H26N8O2S/c1-33-7-9-34(10-8-33)20-4-3-17(11-23(20)35-2)31-26-29-12-18(24-14-28-16-37-24)25(32-26)22-6-5-21(36-22)19-13-27-15-30-19/h3-6,11-16H,7-10H2,1-2H3,(H,27,30)(H,29,31,32). The summed E-state index contributed by atoms with van der Waals surface area (Å²) in [5, 5.41) is 3.33. The average molecular weight is 515 g/mol. The molecule has 5 heterocycles. The number of thiazole rings is 1. The van der Waals surface area contributed by atoms with E-state index in [1.807, 2.05) is 24.3 Å². The Bertz CT molecular complexity index is 1470. The lowest BCUT2D eigenvalue weighted by molar-refractivity contribution is 0.311. The molecule has 5 aromatic rings. The average Bonchev–Trinajstić information content (AvgIpc) is 3.72. The van der Waals surface area contributed by atoms with Crippen molar-refractivity contribution in [3.63, 3.8) is 0 Å². The van der Waals surface area contributed by atoms with Crippen LogP contribution in [0.15, 0.2) is 65.2 Å². The molecule has 11 heteroatoms. The first-order valence-electron chi connectivity index (χ1n) is 11.9. The van der Waals surface area contributed by atoms with Gasteiger partial charge in [0, 0.05) is 55.9 Å². The number of nitrogens with one attached hydrogen (secondary N) is 2. The van der Waals surface area contributed by atoms with E-state index in [0.717, 1.165) is 59.4 Å². The molecule has 0 saturated carbocycles. The van der Waals surface area contributed by atoms with Gasteiger partial charge in [0.05, 0.1) is 35.7 Å². The van der Waals surface area contributed by atoms with Crippen molar-refractivity contribution in [1.82, 2.24) is 29.8 Å². The van der Waals surface area contributed by atoms with Crippen LogP contribution in [0.3, 0.4) is 0 Å². The summed E-state index contributed by atoms with van der Waals surface area (Å²) in [6, 6.07) is 9.90. The van der Waals surface area contributed by atoms with Crippen LogP contribution in [0.2, 0.25) is 0 Å². The molecule has 0 aliphatic carbocycles. The molecule has 1 fully saturated rings. The summed E-state index contributed by atoms with van der Waals surface area (Å²) in [6.45, 7) is 3.99. The molecular weight excluding hydrogens is 488 g/mol. The van der Waals surface area contributed by atoms with E-state index in [9.17, 15) is 0 Å². The maximum atomic E-state index is 6.15. The van der Waals surface area contributed by atoms with Gasteiger partial charge in [0.15, 0.2) is 11.5 Å². The number of H-pyrrole nitrogens is 1. The van der Waals surface area contributed by atoms with Gasteiger partial charge in [-0.15, -0.1) is 11.3 Å². The molecule has 4 aromatic heterocycles. The highest BCUT2D eigenvalue weighted by Gasteiger charge is 2.20. The minimum absolute atomic E-state index is 0.456. The van der Waals surface area contributed by atoms with Gasteiger partial charge in [0.1, 0.15) is 17.1 Å². The quantitative estimate of drug-likeness (QED) is 0.318. The van der Waals surface area contributed by atoms with Gasteiger partial charge in [0.2, 0.25) is 5.95 Å². The predicted octanol–water partition coefficient (Wildman–Crippen LogP) is 4.75. The molecule has 6 rings (SSSR count). The lowest BCUT2D eigenvalue weighted by Gasteiger charge is -2.34. The van der Waals surface area contributed by atoms with E-state index in [0.29, 0.717) is 23.2 Å². The van der Waals surface area contributed by atoms with Crippen LogP contribution in [0.4, 0.5) is 17.3 Å². The lowest BCUT2D eigenvalue weighted by Crippen LogP contribution is -2.44. The van der Waals surface area contributed by atoms with Gasteiger partial charge in [-0.1, -0.05) is 0 Å². The fraction of sp³-hybridized carbons (Fsp3) is 0.231. The van der Waals surface area contributed by atoms with Crippen molar-refractivity contribution in [2.45, 2.75) is 0 Å². The van der Waals surface area contributed by atoms with Crippen LogP contribution in [0, 0.1) is 0 Å². The minimum Gasteiger partial charge on any atom is -0.495 e. The van der Waals surface area contributed by atoms with Crippen molar-refractivity contribution >= 4 is 28.7 Å².